The Morgan fingerprint density at radius 3 is 2.43 bits per heavy atom. The van der Waals surface area contributed by atoms with Crippen LogP contribution in [0.5, 0.6) is 11.5 Å². The quantitative estimate of drug-likeness (QED) is 0.680. The van der Waals surface area contributed by atoms with Gasteiger partial charge in [-0.25, -0.2) is 4.98 Å². The zero-order chi connectivity index (χ0) is 15.0. The number of thiazole rings is 1. The summed E-state index contributed by atoms with van der Waals surface area (Å²) < 4.78 is 6.97. The molecule has 0 bridgehead atoms. The number of hydrogen-bond acceptors (Lipinski definition) is 4. The first-order chi connectivity index (χ1) is 9.95. The third kappa shape index (κ3) is 2.72. The van der Waals surface area contributed by atoms with Crippen LogP contribution < -0.4 is 10.5 Å². The van der Waals surface area contributed by atoms with E-state index in [4.69, 9.17) is 10.5 Å². The monoisotopic (exact) mass is 298 g/mol. The average Bonchev–Trinajstić information content (AvgIpc) is 2.91. The lowest BCUT2D eigenvalue weighted by atomic mass is 9.87. The molecule has 21 heavy (non-hydrogen) atoms. The fourth-order valence-electron chi connectivity index (χ4n) is 2.17. The molecule has 3 rings (SSSR count). The number of ether oxygens (including phenoxy) is 1. The Morgan fingerprint density at radius 1 is 1.05 bits per heavy atom. The Hall–Kier alpha value is -2.07. The van der Waals surface area contributed by atoms with E-state index < -0.39 is 0 Å². The van der Waals surface area contributed by atoms with Gasteiger partial charge in [-0.3, -0.25) is 0 Å². The molecule has 4 heteroatoms. The molecule has 2 N–H and O–H groups in total. The Kier molecular flexibility index (Phi) is 3.33. The summed E-state index contributed by atoms with van der Waals surface area (Å²) in [5.41, 5.74) is 10.7. The standard InChI is InChI=1S/C17H18N2OS/c1-17(2,3)11-4-6-12(7-5-11)20-13-8-9-14-16(15(13)18)19-10-21-14/h4-10H,18H2,1-3H3. The molecule has 108 valence electrons. The van der Waals surface area contributed by atoms with Crippen LogP contribution in [0.15, 0.2) is 41.9 Å². The first kappa shape index (κ1) is 13.9. The number of benzene rings is 2. The lowest BCUT2D eigenvalue weighted by Gasteiger charge is -2.19. The number of rotatable bonds is 2. The summed E-state index contributed by atoms with van der Waals surface area (Å²) in [6, 6.07) is 12.0. The van der Waals surface area contributed by atoms with Crippen molar-refractivity contribution in [1.82, 2.24) is 4.98 Å². The number of aromatic nitrogens is 1. The second-order valence-corrected chi connectivity index (χ2v) is 6.94. The van der Waals surface area contributed by atoms with Crippen LogP contribution in [0, 0.1) is 0 Å². The van der Waals surface area contributed by atoms with Crippen molar-refractivity contribution < 1.29 is 4.74 Å². The van der Waals surface area contributed by atoms with Gasteiger partial charge in [0.05, 0.1) is 10.2 Å². The summed E-state index contributed by atoms with van der Waals surface area (Å²) in [5, 5.41) is 0. The minimum Gasteiger partial charge on any atom is -0.455 e. The molecule has 0 aliphatic heterocycles. The van der Waals surface area contributed by atoms with Gasteiger partial charge in [-0.2, -0.15) is 0 Å². The van der Waals surface area contributed by atoms with Crippen molar-refractivity contribution in [2.45, 2.75) is 26.2 Å². The summed E-state index contributed by atoms with van der Waals surface area (Å²) in [6.45, 7) is 6.57. The molecular formula is C17H18N2OS. The predicted octanol–water partition coefficient (Wildman–Crippen LogP) is 4.97. The van der Waals surface area contributed by atoms with Crippen LogP contribution in [0.25, 0.3) is 10.2 Å². The molecule has 0 radical (unpaired) electrons. The molecule has 0 aliphatic carbocycles. The molecule has 0 spiro atoms. The highest BCUT2D eigenvalue weighted by Crippen LogP contribution is 2.35. The van der Waals surface area contributed by atoms with Crippen molar-refractivity contribution in [2.75, 3.05) is 5.73 Å². The highest BCUT2D eigenvalue weighted by atomic mass is 32.1. The molecule has 0 saturated heterocycles. The molecule has 1 aromatic heterocycles. The average molecular weight is 298 g/mol. The van der Waals surface area contributed by atoms with Gasteiger partial charge < -0.3 is 10.5 Å². The van der Waals surface area contributed by atoms with E-state index in [0.717, 1.165) is 16.0 Å². The summed E-state index contributed by atoms with van der Waals surface area (Å²) in [4.78, 5) is 4.28. The van der Waals surface area contributed by atoms with Crippen LogP contribution in [0.2, 0.25) is 0 Å². The number of fused-ring (bicyclic) bond motifs is 1. The molecule has 3 aromatic rings. The van der Waals surface area contributed by atoms with Gasteiger partial charge in [0.1, 0.15) is 17.0 Å². The van der Waals surface area contributed by atoms with Gasteiger partial charge in [-0.1, -0.05) is 32.9 Å². The zero-order valence-corrected chi connectivity index (χ0v) is 13.2. The van der Waals surface area contributed by atoms with E-state index in [1.165, 1.54) is 5.56 Å². The fourth-order valence-corrected chi connectivity index (χ4v) is 2.87. The van der Waals surface area contributed by atoms with Crippen molar-refractivity contribution in [3.05, 3.63) is 47.5 Å². The van der Waals surface area contributed by atoms with Crippen molar-refractivity contribution in [2.24, 2.45) is 0 Å². The van der Waals surface area contributed by atoms with E-state index in [2.05, 4.69) is 37.9 Å². The number of anilines is 1. The molecule has 2 aromatic carbocycles. The lowest BCUT2D eigenvalue weighted by Crippen LogP contribution is -2.10. The summed E-state index contributed by atoms with van der Waals surface area (Å²) in [7, 11) is 0. The van der Waals surface area contributed by atoms with Crippen LogP contribution in [-0.2, 0) is 5.41 Å². The lowest BCUT2D eigenvalue weighted by molar-refractivity contribution is 0.484. The highest BCUT2D eigenvalue weighted by molar-refractivity contribution is 7.16. The zero-order valence-electron chi connectivity index (χ0n) is 12.4. The number of hydrogen-bond donors (Lipinski definition) is 1. The Bertz CT molecular complexity index is 770. The molecule has 1 heterocycles. The molecule has 0 unspecified atom stereocenters. The second kappa shape index (κ2) is 5.04. The highest BCUT2D eigenvalue weighted by Gasteiger charge is 2.14. The summed E-state index contributed by atoms with van der Waals surface area (Å²) >= 11 is 1.57. The Balaban J connectivity index is 1.90. The van der Waals surface area contributed by atoms with Gasteiger partial charge in [0, 0.05) is 0 Å². The fraction of sp³-hybridized carbons (Fsp3) is 0.235. The maximum absolute atomic E-state index is 6.13. The van der Waals surface area contributed by atoms with E-state index in [1.54, 1.807) is 16.8 Å². The predicted molar refractivity (Wildman–Crippen MR) is 89.2 cm³/mol. The molecular weight excluding hydrogens is 280 g/mol. The number of nitrogens with zero attached hydrogens (tertiary/aromatic N) is 1. The second-order valence-electron chi connectivity index (χ2n) is 6.05. The Labute approximate surface area is 128 Å². The smallest absolute Gasteiger partial charge is 0.152 e. The van der Waals surface area contributed by atoms with Crippen LogP contribution in [0.4, 0.5) is 5.69 Å². The number of nitrogen functional groups attached to an aromatic ring is 1. The van der Waals surface area contributed by atoms with Crippen molar-refractivity contribution >= 4 is 27.2 Å². The van der Waals surface area contributed by atoms with Gasteiger partial charge in [0.25, 0.3) is 0 Å². The molecule has 0 atom stereocenters. The first-order valence-electron chi connectivity index (χ1n) is 6.85. The van der Waals surface area contributed by atoms with Crippen molar-refractivity contribution in [3.8, 4) is 11.5 Å². The van der Waals surface area contributed by atoms with Crippen LogP contribution >= 0.6 is 11.3 Å². The van der Waals surface area contributed by atoms with Gasteiger partial charge in [0.2, 0.25) is 0 Å². The van der Waals surface area contributed by atoms with E-state index in [0.29, 0.717) is 11.4 Å². The maximum atomic E-state index is 6.13. The van der Waals surface area contributed by atoms with E-state index in [1.807, 2.05) is 24.3 Å². The number of nitrogens with two attached hydrogens (primary N) is 1. The topological polar surface area (TPSA) is 48.1 Å². The molecule has 0 saturated carbocycles. The normalized spacial score (nSPS) is 11.8. The van der Waals surface area contributed by atoms with E-state index >= 15 is 0 Å². The molecule has 0 fully saturated rings. The van der Waals surface area contributed by atoms with E-state index in [9.17, 15) is 0 Å². The SMILES string of the molecule is CC(C)(C)c1ccc(Oc2ccc3scnc3c2N)cc1. The van der Waals surface area contributed by atoms with Crippen LogP contribution in [0.3, 0.4) is 0 Å². The molecule has 0 amide bonds. The largest absolute Gasteiger partial charge is 0.455 e. The molecule has 3 nitrogen and oxygen atoms in total. The van der Waals surface area contributed by atoms with E-state index in [-0.39, 0.29) is 5.41 Å². The van der Waals surface area contributed by atoms with Crippen LogP contribution in [0.1, 0.15) is 26.3 Å². The third-order valence-electron chi connectivity index (χ3n) is 3.45. The first-order valence-corrected chi connectivity index (χ1v) is 7.73. The minimum atomic E-state index is 0.136. The van der Waals surface area contributed by atoms with Gasteiger partial charge in [0.15, 0.2) is 5.75 Å². The van der Waals surface area contributed by atoms with Crippen LogP contribution in [-0.4, -0.2) is 4.98 Å². The van der Waals surface area contributed by atoms with Gasteiger partial charge in [-0.15, -0.1) is 11.3 Å². The van der Waals surface area contributed by atoms with Crippen molar-refractivity contribution in [3.63, 3.8) is 0 Å². The van der Waals surface area contributed by atoms with Gasteiger partial charge in [-0.05, 0) is 35.2 Å². The van der Waals surface area contributed by atoms with Crippen molar-refractivity contribution in [1.29, 1.82) is 0 Å². The van der Waals surface area contributed by atoms with Gasteiger partial charge >= 0.3 is 0 Å². The third-order valence-corrected chi connectivity index (χ3v) is 4.24. The maximum Gasteiger partial charge on any atom is 0.152 e. The summed E-state index contributed by atoms with van der Waals surface area (Å²) in [5.74, 6) is 1.43. The minimum absolute atomic E-state index is 0.136. The summed E-state index contributed by atoms with van der Waals surface area (Å²) in [6.07, 6.45) is 0. The molecule has 0 aliphatic rings. The Morgan fingerprint density at radius 2 is 1.76 bits per heavy atom.